The Kier molecular flexibility index (Phi) is 4.24. The minimum absolute atomic E-state index is 0.0894. The van der Waals surface area contributed by atoms with Crippen LogP contribution in [-0.2, 0) is 0 Å². The highest BCUT2D eigenvalue weighted by Gasteiger charge is 2.11. The molecule has 2 rings (SSSR count). The van der Waals surface area contributed by atoms with Gasteiger partial charge in [-0.3, -0.25) is 4.79 Å². The summed E-state index contributed by atoms with van der Waals surface area (Å²) >= 11 is 3.32. The zero-order valence-corrected chi connectivity index (χ0v) is 12.2. The second kappa shape index (κ2) is 5.92. The van der Waals surface area contributed by atoms with E-state index in [4.69, 9.17) is 10.5 Å². The first-order valence-electron chi connectivity index (χ1n) is 5.71. The number of anilines is 2. The van der Waals surface area contributed by atoms with Crippen LogP contribution in [0.25, 0.3) is 0 Å². The number of rotatable bonds is 3. The van der Waals surface area contributed by atoms with Gasteiger partial charge in [-0.25, -0.2) is 4.39 Å². The fourth-order valence-corrected chi connectivity index (χ4v) is 2.08. The third-order valence-corrected chi connectivity index (χ3v) is 3.32. The van der Waals surface area contributed by atoms with E-state index in [2.05, 4.69) is 21.2 Å². The summed E-state index contributed by atoms with van der Waals surface area (Å²) in [5.74, 6) is -0.300. The lowest BCUT2D eigenvalue weighted by Crippen LogP contribution is -2.14. The van der Waals surface area contributed by atoms with E-state index in [9.17, 15) is 9.18 Å². The molecular formula is C14H12BrFN2O2. The van der Waals surface area contributed by atoms with Gasteiger partial charge in [0.1, 0.15) is 11.6 Å². The van der Waals surface area contributed by atoms with Crippen molar-refractivity contribution in [1.29, 1.82) is 0 Å². The normalized spacial score (nSPS) is 10.2. The standard InChI is InChI=1S/C14H12BrFN2O2/c1-20-13-7-9(3-5-11(13)15)18-14(19)10-4-2-8(16)6-12(10)17/h2-7H,17H2,1H3,(H,18,19). The first-order chi connectivity index (χ1) is 9.51. The minimum Gasteiger partial charge on any atom is -0.495 e. The number of benzene rings is 2. The molecule has 0 fully saturated rings. The molecule has 0 aliphatic carbocycles. The van der Waals surface area contributed by atoms with Gasteiger partial charge in [-0.2, -0.15) is 0 Å². The van der Waals surface area contributed by atoms with Gasteiger partial charge >= 0.3 is 0 Å². The van der Waals surface area contributed by atoms with Crippen molar-refractivity contribution in [3.63, 3.8) is 0 Å². The minimum atomic E-state index is -0.482. The van der Waals surface area contributed by atoms with Crippen LogP contribution in [0.5, 0.6) is 5.75 Å². The van der Waals surface area contributed by atoms with Crippen LogP contribution in [0.4, 0.5) is 15.8 Å². The van der Waals surface area contributed by atoms with Gasteiger partial charge < -0.3 is 15.8 Å². The molecule has 3 N–H and O–H groups in total. The Morgan fingerprint density at radius 1 is 1.30 bits per heavy atom. The van der Waals surface area contributed by atoms with E-state index in [0.717, 1.165) is 10.5 Å². The van der Waals surface area contributed by atoms with Crippen LogP contribution in [-0.4, -0.2) is 13.0 Å². The molecule has 6 heteroatoms. The highest BCUT2D eigenvalue weighted by molar-refractivity contribution is 9.10. The third-order valence-electron chi connectivity index (χ3n) is 2.67. The van der Waals surface area contributed by atoms with Gasteiger partial charge in [-0.05, 0) is 46.3 Å². The van der Waals surface area contributed by atoms with E-state index in [1.807, 2.05) is 0 Å². The number of carbonyl (C=O) groups excluding carboxylic acids is 1. The summed E-state index contributed by atoms with van der Waals surface area (Å²) in [7, 11) is 1.53. The molecule has 0 unspecified atom stereocenters. The van der Waals surface area contributed by atoms with Gasteiger partial charge in [0.2, 0.25) is 0 Å². The molecule has 104 valence electrons. The SMILES string of the molecule is COc1cc(NC(=O)c2ccc(F)cc2N)ccc1Br. The van der Waals surface area contributed by atoms with Crippen molar-refractivity contribution in [3.05, 3.63) is 52.3 Å². The molecule has 0 heterocycles. The van der Waals surface area contributed by atoms with Crippen molar-refractivity contribution in [3.8, 4) is 5.75 Å². The average Bonchev–Trinajstić information content (AvgIpc) is 2.40. The summed E-state index contributed by atoms with van der Waals surface area (Å²) in [4.78, 5) is 12.1. The second-order valence-electron chi connectivity index (χ2n) is 4.04. The number of nitrogen functional groups attached to an aromatic ring is 1. The number of halogens is 2. The monoisotopic (exact) mass is 338 g/mol. The van der Waals surface area contributed by atoms with E-state index in [1.54, 1.807) is 18.2 Å². The Morgan fingerprint density at radius 2 is 2.05 bits per heavy atom. The fraction of sp³-hybridized carbons (Fsp3) is 0.0714. The highest BCUT2D eigenvalue weighted by Crippen LogP contribution is 2.28. The number of nitrogens with one attached hydrogen (secondary N) is 1. The lowest BCUT2D eigenvalue weighted by Gasteiger charge is -2.10. The molecule has 2 aromatic carbocycles. The van der Waals surface area contributed by atoms with Crippen molar-refractivity contribution in [2.45, 2.75) is 0 Å². The van der Waals surface area contributed by atoms with Gasteiger partial charge in [0, 0.05) is 17.4 Å². The number of hydrogen-bond acceptors (Lipinski definition) is 3. The summed E-state index contributed by atoms with van der Waals surface area (Å²) in [5, 5.41) is 2.68. The average molecular weight is 339 g/mol. The number of ether oxygens (including phenoxy) is 1. The predicted octanol–water partition coefficient (Wildman–Crippen LogP) is 3.43. The molecule has 1 amide bonds. The highest BCUT2D eigenvalue weighted by atomic mass is 79.9. The van der Waals surface area contributed by atoms with E-state index < -0.39 is 11.7 Å². The molecule has 0 radical (unpaired) electrons. The Hall–Kier alpha value is -2.08. The van der Waals surface area contributed by atoms with E-state index >= 15 is 0 Å². The van der Waals surface area contributed by atoms with Crippen molar-refractivity contribution < 1.29 is 13.9 Å². The molecule has 20 heavy (non-hydrogen) atoms. The molecule has 0 saturated heterocycles. The van der Waals surface area contributed by atoms with Crippen LogP contribution in [0.15, 0.2) is 40.9 Å². The maximum absolute atomic E-state index is 12.9. The van der Waals surface area contributed by atoms with Gasteiger partial charge in [0.15, 0.2) is 0 Å². The number of methoxy groups -OCH3 is 1. The van der Waals surface area contributed by atoms with Crippen LogP contribution in [0.3, 0.4) is 0 Å². The maximum atomic E-state index is 12.9. The molecule has 0 aliphatic rings. The lowest BCUT2D eigenvalue weighted by molar-refractivity contribution is 0.102. The van der Waals surface area contributed by atoms with Crippen LogP contribution in [0.1, 0.15) is 10.4 Å². The molecule has 0 bridgehead atoms. The Morgan fingerprint density at radius 3 is 2.70 bits per heavy atom. The molecule has 2 aromatic rings. The molecule has 0 atom stereocenters. The second-order valence-corrected chi connectivity index (χ2v) is 4.89. The van der Waals surface area contributed by atoms with Crippen molar-refractivity contribution in [1.82, 2.24) is 0 Å². The molecule has 4 nitrogen and oxygen atoms in total. The van der Waals surface area contributed by atoms with E-state index in [1.165, 1.54) is 19.2 Å². The van der Waals surface area contributed by atoms with Crippen LogP contribution < -0.4 is 15.8 Å². The lowest BCUT2D eigenvalue weighted by atomic mass is 10.1. The number of nitrogens with two attached hydrogens (primary N) is 1. The van der Waals surface area contributed by atoms with Crippen molar-refractivity contribution >= 4 is 33.2 Å². The Balaban J connectivity index is 2.23. The van der Waals surface area contributed by atoms with E-state index in [-0.39, 0.29) is 11.3 Å². The van der Waals surface area contributed by atoms with Gasteiger partial charge in [-0.1, -0.05) is 0 Å². The third kappa shape index (κ3) is 3.08. The molecule has 0 spiro atoms. The molecule has 0 saturated carbocycles. The topological polar surface area (TPSA) is 64.3 Å². The molecular weight excluding hydrogens is 327 g/mol. The fourth-order valence-electron chi connectivity index (χ4n) is 1.68. The van der Waals surface area contributed by atoms with Crippen LogP contribution in [0.2, 0.25) is 0 Å². The van der Waals surface area contributed by atoms with Crippen LogP contribution >= 0.6 is 15.9 Å². The largest absolute Gasteiger partial charge is 0.495 e. The summed E-state index contributed by atoms with van der Waals surface area (Å²) < 4.78 is 18.9. The van der Waals surface area contributed by atoms with Gasteiger partial charge in [-0.15, -0.1) is 0 Å². The summed E-state index contributed by atoms with van der Waals surface area (Å²) in [6.45, 7) is 0. The van der Waals surface area contributed by atoms with Crippen molar-refractivity contribution in [2.24, 2.45) is 0 Å². The Bertz CT molecular complexity index is 662. The Labute approximate surface area is 123 Å². The summed E-state index contributed by atoms with van der Waals surface area (Å²) in [6, 6.07) is 8.77. The first kappa shape index (κ1) is 14.3. The zero-order valence-electron chi connectivity index (χ0n) is 10.6. The van der Waals surface area contributed by atoms with Crippen LogP contribution in [0, 0.1) is 5.82 Å². The van der Waals surface area contributed by atoms with Gasteiger partial charge in [0.05, 0.1) is 17.1 Å². The predicted molar refractivity (Wildman–Crippen MR) is 79.5 cm³/mol. The number of hydrogen-bond donors (Lipinski definition) is 2. The quantitative estimate of drug-likeness (QED) is 0.842. The number of amides is 1. The molecule has 0 aliphatic heterocycles. The number of carbonyl (C=O) groups is 1. The smallest absolute Gasteiger partial charge is 0.257 e. The summed E-state index contributed by atoms with van der Waals surface area (Å²) in [5.41, 5.74) is 6.48. The van der Waals surface area contributed by atoms with Crippen molar-refractivity contribution in [2.75, 3.05) is 18.2 Å². The van der Waals surface area contributed by atoms with Gasteiger partial charge in [0.25, 0.3) is 5.91 Å². The maximum Gasteiger partial charge on any atom is 0.257 e. The first-order valence-corrected chi connectivity index (χ1v) is 6.50. The summed E-state index contributed by atoms with van der Waals surface area (Å²) in [6.07, 6.45) is 0. The van der Waals surface area contributed by atoms with E-state index in [0.29, 0.717) is 11.4 Å². The molecule has 0 aromatic heterocycles. The zero-order chi connectivity index (χ0) is 14.7.